The van der Waals surface area contributed by atoms with Gasteiger partial charge in [-0.1, -0.05) is 47.6 Å². The van der Waals surface area contributed by atoms with E-state index in [0.717, 1.165) is 11.1 Å². The van der Waals surface area contributed by atoms with Crippen LogP contribution in [0.4, 0.5) is 5.82 Å². The molecule has 0 spiro atoms. The second-order valence-electron chi connectivity index (χ2n) is 5.39. The fourth-order valence-electron chi connectivity index (χ4n) is 2.25. The third kappa shape index (κ3) is 4.32. The predicted octanol–water partition coefficient (Wildman–Crippen LogP) is 3.45. The van der Waals surface area contributed by atoms with Crippen LogP contribution in [0.25, 0.3) is 11.1 Å². The second-order valence-corrected chi connectivity index (χ2v) is 5.39. The summed E-state index contributed by atoms with van der Waals surface area (Å²) >= 11 is 0. The van der Waals surface area contributed by atoms with E-state index < -0.39 is 18.5 Å². The molecule has 126 valence electrons. The monoisotopic (exact) mass is 336 g/mol. The lowest BCUT2D eigenvalue weighted by Crippen LogP contribution is -2.21. The highest BCUT2D eigenvalue weighted by Gasteiger charge is 2.12. The zero-order chi connectivity index (χ0) is 17.6. The number of carbonyl (C=O) groups excluding carboxylic acids is 2. The molecule has 3 rings (SSSR count). The van der Waals surface area contributed by atoms with Crippen molar-refractivity contribution < 1.29 is 18.8 Å². The Morgan fingerprint density at radius 1 is 1.04 bits per heavy atom. The Kier molecular flexibility index (Phi) is 4.89. The van der Waals surface area contributed by atoms with Gasteiger partial charge in [-0.2, -0.15) is 0 Å². The van der Waals surface area contributed by atoms with E-state index in [-0.39, 0.29) is 5.82 Å². The summed E-state index contributed by atoms with van der Waals surface area (Å²) in [5, 5.41) is 6.11. The number of ether oxygens (including phenoxy) is 1. The van der Waals surface area contributed by atoms with Gasteiger partial charge in [0.15, 0.2) is 12.4 Å². The average Bonchev–Trinajstić information content (AvgIpc) is 3.05. The number of aryl methyl sites for hydroxylation is 1. The van der Waals surface area contributed by atoms with Gasteiger partial charge in [0.25, 0.3) is 5.91 Å². The molecule has 0 fully saturated rings. The summed E-state index contributed by atoms with van der Waals surface area (Å²) < 4.78 is 9.84. The van der Waals surface area contributed by atoms with E-state index in [9.17, 15) is 9.59 Å². The van der Waals surface area contributed by atoms with Crippen molar-refractivity contribution in [1.82, 2.24) is 5.16 Å². The van der Waals surface area contributed by atoms with Gasteiger partial charge in [0.1, 0.15) is 5.76 Å². The number of hydrogen-bond donors (Lipinski definition) is 1. The van der Waals surface area contributed by atoms with Crippen LogP contribution in [-0.2, 0) is 9.53 Å². The third-order valence-corrected chi connectivity index (χ3v) is 3.46. The fourth-order valence-corrected chi connectivity index (χ4v) is 2.25. The molecule has 1 heterocycles. The van der Waals surface area contributed by atoms with Gasteiger partial charge in [0.2, 0.25) is 0 Å². The molecule has 0 saturated heterocycles. The third-order valence-electron chi connectivity index (χ3n) is 3.46. The molecule has 25 heavy (non-hydrogen) atoms. The van der Waals surface area contributed by atoms with Crippen LogP contribution in [0.3, 0.4) is 0 Å². The van der Waals surface area contributed by atoms with Crippen LogP contribution >= 0.6 is 0 Å². The number of nitrogens with one attached hydrogen (secondary N) is 1. The summed E-state index contributed by atoms with van der Waals surface area (Å²) in [6, 6.07) is 18.4. The zero-order valence-electron chi connectivity index (χ0n) is 13.6. The minimum absolute atomic E-state index is 0.283. The average molecular weight is 336 g/mol. The van der Waals surface area contributed by atoms with E-state index in [1.165, 1.54) is 0 Å². The zero-order valence-corrected chi connectivity index (χ0v) is 13.6. The van der Waals surface area contributed by atoms with Crippen LogP contribution in [0, 0.1) is 6.92 Å². The quantitative estimate of drug-likeness (QED) is 0.722. The number of amides is 1. The van der Waals surface area contributed by atoms with Crippen molar-refractivity contribution in [2.24, 2.45) is 0 Å². The molecule has 6 nitrogen and oxygen atoms in total. The predicted molar refractivity (Wildman–Crippen MR) is 92.0 cm³/mol. The van der Waals surface area contributed by atoms with Crippen LogP contribution in [-0.4, -0.2) is 23.6 Å². The lowest BCUT2D eigenvalue weighted by atomic mass is 10.0. The first-order valence-corrected chi connectivity index (χ1v) is 7.67. The van der Waals surface area contributed by atoms with Gasteiger partial charge in [-0.3, -0.25) is 4.79 Å². The maximum absolute atomic E-state index is 12.0. The summed E-state index contributed by atoms with van der Waals surface area (Å²) in [5.41, 5.74) is 2.44. The molecule has 2 aromatic carbocycles. The first-order chi connectivity index (χ1) is 12.1. The van der Waals surface area contributed by atoms with Crippen LogP contribution in [0.1, 0.15) is 16.1 Å². The van der Waals surface area contributed by atoms with Crippen molar-refractivity contribution in [2.45, 2.75) is 6.92 Å². The molecule has 0 radical (unpaired) electrons. The Labute approximate surface area is 144 Å². The molecule has 6 heteroatoms. The molecule has 1 aromatic heterocycles. The maximum atomic E-state index is 12.0. The normalized spacial score (nSPS) is 10.3. The number of nitrogens with zero attached hydrogens (tertiary/aromatic N) is 1. The van der Waals surface area contributed by atoms with E-state index >= 15 is 0 Å². The lowest BCUT2D eigenvalue weighted by Gasteiger charge is -2.06. The Morgan fingerprint density at radius 3 is 2.36 bits per heavy atom. The van der Waals surface area contributed by atoms with Crippen LogP contribution in [0.15, 0.2) is 65.2 Å². The van der Waals surface area contributed by atoms with Gasteiger partial charge >= 0.3 is 5.97 Å². The molecular weight excluding hydrogens is 320 g/mol. The van der Waals surface area contributed by atoms with Gasteiger partial charge in [-0.05, 0) is 30.2 Å². The van der Waals surface area contributed by atoms with Crippen molar-refractivity contribution in [1.29, 1.82) is 0 Å². The molecule has 0 atom stereocenters. The number of rotatable bonds is 5. The SMILES string of the molecule is Cc1cc(NC(=O)COC(=O)c2ccc(-c3ccccc3)cc2)no1. The Morgan fingerprint density at radius 2 is 1.72 bits per heavy atom. The van der Waals surface area contributed by atoms with Crippen molar-refractivity contribution in [3.63, 3.8) is 0 Å². The van der Waals surface area contributed by atoms with Gasteiger partial charge in [-0.25, -0.2) is 4.79 Å². The first-order valence-electron chi connectivity index (χ1n) is 7.67. The van der Waals surface area contributed by atoms with Gasteiger partial charge in [0.05, 0.1) is 5.56 Å². The number of benzene rings is 2. The molecular formula is C19H16N2O4. The van der Waals surface area contributed by atoms with Crippen molar-refractivity contribution in [3.8, 4) is 11.1 Å². The highest BCUT2D eigenvalue weighted by atomic mass is 16.5. The number of esters is 1. The van der Waals surface area contributed by atoms with E-state index in [0.29, 0.717) is 11.3 Å². The molecule has 0 unspecified atom stereocenters. The molecule has 1 N–H and O–H groups in total. The number of carbonyl (C=O) groups is 2. The van der Waals surface area contributed by atoms with E-state index in [1.807, 2.05) is 42.5 Å². The summed E-state index contributed by atoms with van der Waals surface area (Å²) in [5.74, 6) is -0.190. The van der Waals surface area contributed by atoms with Crippen molar-refractivity contribution in [3.05, 3.63) is 72.0 Å². The Balaban J connectivity index is 1.55. The molecule has 0 saturated carbocycles. The molecule has 0 aliphatic carbocycles. The summed E-state index contributed by atoms with van der Waals surface area (Å²) in [4.78, 5) is 23.7. The Bertz CT molecular complexity index is 870. The van der Waals surface area contributed by atoms with E-state index in [4.69, 9.17) is 9.26 Å². The minimum atomic E-state index is -0.564. The van der Waals surface area contributed by atoms with Crippen LogP contribution in [0.5, 0.6) is 0 Å². The first kappa shape index (κ1) is 16.4. The largest absolute Gasteiger partial charge is 0.452 e. The maximum Gasteiger partial charge on any atom is 0.338 e. The highest BCUT2D eigenvalue weighted by Crippen LogP contribution is 2.19. The van der Waals surface area contributed by atoms with E-state index in [1.54, 1.807) is 25.1 Å². The summed E-state index contributed by atoms with van der Waals surface area (Å²) in [6.07, 6.45) is 0. The van der Waals surface area contributed by atoms with Crippen molar-refractivity contribution >= 4 is 17.7 Å². The molecule has 3 aromatic rings. The van der Waals surface area contributed by atoms with E-state index in [2.05, 4.69) is 10.5 Å². The number of hydrogen-bond acceptors (Lipinski definition) is 5. The smallest absolute Gasteiger partial charge is 0.338 e. The van der Waals surface area contributed by atoms with Gasteiger partial charge < -0.3 is 14.6 Å². The van der Waals surface area contributed by atoms with Crippen molar-refractivity contribution in [2.75, 3.05) is 11.9 Å². The standard InChI is InChI=1S/C19H16N2O4/c1-13-11-17(21-25-13)20-18(22)12-24-19(23)16-9-7-15(8-10-16)14-5-3-2-4-6-14/h2-11H,12H2,1H3,(H,20,21,22). The molecule has 0 bridgehead atoms. The number of aromatic nitrogens is 1. The van der Waals surface area contributed by atoms with Crippen LogP contribution < -0.4 is 5.32 Å². The highest BCUT2D eigenvalue weighted by molar-refractivity contribution is 5.95. The molecule has 0 aliphatic heterocycles. The van der Waals surface area contributed by atoms with Gasteiger partial charge in [0, 0.05) is 6.07 Å². The second kappa shape index (κ2) is 7.44. The summed E-state index contributed by atoms with van der Waals surface area (Å²) in [7, 11) is 0. The Hall–Kier alpha value is -3.41. The minimum Gasteiger partial charge on any atom is -0.452 e. The van der Waals surface area contributed by atoms with Gasteiger partial charge in [-0.15, -0.1) is 0 Å². The van der Waals surface area contributed by atoms with Crippen LogP contribution in [0.2, 0.25) is 0 Å². The molecule has 0 aliphatic rings. The number of anilines is 1. The topological polar surface area (TPSA) is 81.4 Å². The lowest BCUT2D eigenvalue weighted by molar-refractivity contribution is -0.119. The molecule has 1 amide bonds. The summed E-state index contributed by atoms with van der Waals surface area (Å²) in [6.45, 7) is 1.31. The fraction of sp³-hybridized carbons (Fsp3) is 0.105.